The molecular weight excluding hydrogens is 244 g/mol. The van der Waals surface area contributed by atoms with E-state index >= 15 is 0 Å². The molecule has 0 aliphatic heterocycles. The van der Waals surface area contributed by atoms with E-state index in [4.69, 9.17) is 0 Å². The van der Waals surface area contributed by atoms with Crippen LogP contribution in [-0.4, -0.2) is 56.8 Å². The Morgan fingerprint density at radius 2 is 1.06 bits per heavy atom. The Labute approximate surface area is 103 Å². The molecule has 0 aromatic heterocycles. The third-order valence-corrected chi connectivity index (χ3v) is 2.15. The van der Waals surface area contributed by atoms with Crippen molar-refractivity contribution in [3.8, 4) is 0 Å². The summed E-state index contributed by atoms with van der Waals surface area (Å²) in [5.74, 6) is -3.03. The lowest BCUT2D eigenvalue weighted by Crippen LogP contribution is -2.46. The van der Waals surface area contributed by atoms with E-state index in [2.05, 4.69) is 0 Å². The Morgan fingerprint density at radius 3 is 1.28 bits per heavy atom. The van der Waals surface area contributed by atoms with Crippen molar-refractivity contribution >= 4 is 23.1 Å². The zero-order chi connectivity index (χ0) is 14.5. The van der Waals surface area contributed by atoms with Crippen LogP contribution in [-0.2, 0) is 19.2 Å². The predicted molar refractivity (Wildman–Crippen MR) is 58.6 cm³/mol. The number of carbonyl (C=O) groups excluding carboxylic acids is 4. The van der Waals surface area contributed by atoms with E-state index in [0.717, 1.165) is 13.8 Å². The molecule has 2 atom stereocenters. The third-order valence-electron chi connectivity index (χ3n) is 2.15. The average molecular weight is 260 g/mol. The molecule has 7 nitrogen and oxygen atoms in total. The van der Waals surface area contributed by atoms with Gasteiger partial charge in [-0.25, -0.2) is 0 Å². The van der Waals surface area contributed by atoms with Gasteiger partial charge in [-0.3, -0.25) is 19.2 Å². The first-order valence-electron chi connectivity index (χ1n) is 5.25. The Balaban J connectivity index is 4.57. The maximum atomic E-state index is 11.2. The van der Waals surface area contributed by atoms with Crippen molar-refractivity contribution < 1.29 is 34.5 Å². The quantitative estimate of drug-likeness (QED) is 0.437. The summed E-state index contributed by atoms with van der Waals surface area (Å²) in [7, 11) is 0. The van der Waals surface area contributed by atoms with E-state index in [-0.39, 0.29) is 0 Å². The van der Waals surface area contributed by atoms with Gasteiger partial charge in [-0.1, -0.05) is 0 Å². The van der Waals surface area contributed by atoms with Crippen LogP contribution in [0.5, 0.6) is 0 Å². The van der Waals surface area contributed by atoms with Gasteiger partial charge in [-0.2, -0.15) is 0 Å². The second-order valence-corrected chi connectivity index (χ2v) is 4.07. The number of hydrogen-bond donors (Lipinski definition) is 3. The highest BCUT2D eigenvalue weighted by Crippen LogP contribution is 2.07. The van der Waals surface area contributed by atoms with Crippen LogP contribution < -0.4 is 0 Å². The van der Waals surface area contributed by atoms with Crippen molar-refractivity contribution in [2.75, 3.05) is 0 Å². The lowest BCUT2D eigenvalue weighted by atomic mass is 9.97. The fraction of sp³-hybridized carbons (Fsp3) is 0.636. The second-order valence-electron chi connectivity index (χ2n) is 4.07. The molecule has 102 valence electrons. The zero-order valence-corrected chi connectivity index (χ0v) is 10.1. The van der Waals surface area contributed by atoms with E-state index in [1.165, 1.54) is 0 Å². The predicted octanol–water partition coefficient (Wildman–Crippen LogP) is -1.83. The minimum atomic E-state index is -2.05. The van der Waals surface area contributed by atoms with Gasteiger partial charge in [0.25, 0.3) is 0 Å². The number of carbonyl (C=O) groups is 4. The molecule has 0 fully saturated rings. The van der Waals surface area contributed by atoms with Crippen molar-refractivity contribution in [2.45, 2.75) is 45.0 Å². The van der Waals surface area contributed by atoms with Crippen LogP contribution in [0.2, 0.25) is 0 Å². The monoisotopic (exact) mass is 260 g/mol. The zero-order valence-electron chi connectivity index (χ0n) is 10.1. The Hall–Kier alpha value is -1.44. The summed E-state index contributed by atoms with van der Waals surface area (Å²) in [6.07, 6.45) is -7.35. The van der Waals surface area contributed by atoms with Gasteiger partial charge in [-0.15, -0.1) is 0 Å². The molecule has 0 rings (SSSR count). The number of ketones is 4. The number of Topliss-reactive ketones (excluding diaryl/α,β-unsaturated/α-hetero) is 4. The van der Waals surface area contributed by atoms with Crippen molar-refractivity contribution in [1.29, 1.82) is 0 Å². The standard InChI is InChI=1S/C11H16O7/c1-5(12)3-7(14)9(16)11(18)10(17)8(15)4-6(2)13/h9-11,16-18H,3-4H2,1-2H3. The molecule has 0 saturated carbocycles. The smallest absolute Gasteiger partial charge is 0.171 e. The number of rotatable bonds is 8. The van der Waals surface area contributed by atoms with E-state index in [9.17, 15) is 34.5 Å². The topological polar surface area (TPSA) is 129 Å². The Bertz CT molecular complexity index is 326. The van der Waals surface area contributed by atoms with Crippen LogP contribution in [0.1, 0.15) is 26.7 Å². The Kier molecular flexibility index (Phi) is 6.53. The highest BCUT2D eigenvalue weighted by molar-refractivity contribution is 6.02. The minimum absolute atomic E-state index is 0.518. The number of aliphatic hydroxyl groups is 3. The molecular formula is C11H16O7. The fourth-order valence-corrected chi connectivity index (χ4v) is 1.25. The highest BCUT2D eigenvalue weighted by atomic mass is 16.4. The maximum absolute atomic E-state index is 11.2. The van der Waals surface area contributed by atoms with E-state index in [1.54, 1.807) is 0 Å². The van der Waals surface area contributed by atoms with Gasteiger partial charge in [-0.05, 0) is 13.8 Å². The molecule has 0 bridgehead atoms. The first-order chi connectivity index (χ1) is 8.16. The van der Waals surface area contributed by atoms with Crippen LogP contribution in [0.4, 0.5) is 0 Å². The maximum Gasteiger partial charge on any atom is 0.171 e. The van der Waals surface area contributed by atoms with E-state index in [0.29, 0.717) is 0 Å². The van der Waals surface area contributed by atoms with Crippen LogP contribution >= 0.6 is 0 Å². The average Bonchev–Trinajstić information content (AvgIpc) is 2.24. The van der Waals surface area contributed by atoms with Crippen molar-refractivity contribution in [1.82, 2.24) is 0 Å². The lowest BCUT2D eigenvalue weighted by molar-refractivity contribution is -0.148. The SMILES string of the molecule is CC(=O)CC(=O)C(O)C(O)C(O)C(=O)CC(C)=O. The van der Waals surface area contributed by atoms with Gasteiger partial charge in [0.15, 0.2) is 11.6 Å². The summed E-state index contributed by atoms with van der Waals surface area (Å²) >= 11 is 0. The number of hydrogen-bond acceptors (Lipinski definition) is 7. The molecule has 2 unspecified atom stereocenters. The summed E-state index contributed by atoms with van der Waals surface area (Å²) in [4.78, 5) is 43.7. The van der Waals surface area contributed by atoms with Crippen LogP contribution in [0, 0.1) is 0 Å². The van der Waals surface area contributed by atoms with Gasteiger partial charge in [0.05, 0.1) is 12.8 Å². The molecule has 0 spiro atoms. The largest absolute Gasteiger partial charge is 0.387 e. The molecule has 0 aromatic rings. The second kappa shape index (κ2) is 7.10. The first kappa shape index (κ1) is 16.6. The van der Waals surface area contributed by atoms with Gasteiger partial charge >= 0.3 is 0 Å². The lowest BCUT2D eigenvalue weighted by Gasteiger charge is -2.20. The third kappa shape index (κ3) is 5.26. The summed E-state index contributed by atoms with van der Waals surface area (Å²) in [6.45, 7) is 2.24. The van der Waals surface area contributed by atoms with Gasteiger partial charge < -0.3 is 15.3 Å². The first-order valence-corrected chi connectivity index (χ1v) is 5.25. The molecule has 0 radical (unpaired) electrons. The van der Waals surface area contributed by atoms with Gasteiger partial charge in [0, 0.05) is 0 Å². The molecule has 0 aliphatic rings. The molecule has 0 saturated heterocycles. The summed E-state index contributed by atoms with van der Waals surface area (Å²) in [5, 5.41) is 28.1. The van der Waals surface area contributed by atoms with Crippen molar-refractivity contribution in [2.24, 2.45) is 0 Å². The summed E-state index contributed by atoms with van der Waals surface area (Å²) in [5.41, 5.74) is 0. The molecule has 0 amide bonds. The molecule has 3 N–H and O–H groups in total. The van der Waals surface area contributed by atoms with Crippen LogP contribution in [0.15, 0.2) is 0 Å². The number of aliphatic hydroxyl groups excluding tert-OH is 3. The van der Waals surface area contributed by atoms with E-state index < -0.39 is 54.3 Å². The summed E-state index contributed by atoms with van der Waals surface area (Å²) < 4.78 is 0. The van der Waals surface area contributed by atoms with E-state index in [1.807, 2.05) is 0 Å². The van der Waals surface area contributed by atoms with Crippen LogP contribution in [0.3, 0.4) is 0 Å². The Morgan fingerprint density at radius 1 is 0.778 bits per heavy atom. The van der Waals surface area contributed by atoms with Crippen LogP contribution in [0.25, 0.3) is 0 Å². The molecule has 7 heteroatoms. The van der Waals surface area contributed by atoms with Crippen molar-refractivity contribution in [3.05, 3.63) is 0 Å². The molecule has 0 aromatic carbocycles. The highest BCUT2D eigenvalue weighted by Gasteiger charge is 2.34. The minimum Gasteiger partial charge on any atom is -0.387 e. The molecule has 0 aliphatic carbocycles. The fourth-order valence-electron chi connectivity index (χ4n) is 1.25. The van der Waals surface area contributed by atoms with Gasteiger partial charge in [0.1, 0.15) is 29.9 Å². The summed E-state index contributed by atoms with van der Waals surface area (Å²) in [6, 6.07) is 0. The normalized spacial score (nSPS) is 15.6. The van der Waals surface area contributed by atoms with Gasteiger partial charge in [0.2, 0.25) is 0 Å². The molecule has 0 heterocycles. The molecule has 18 heavy (non-hydrogen) atoms. The van der Waals surface area contributed by atoms with Crippen molar-refractivity contribution in [3.63, 3.8) is 0 Å².